The summed E-state index contributed by atoms with van der Waals surface area (Å²) in [6.45, 7) is 1.30. The van der Waals surface area contributed by atoms with Gasteiger partial charge in [0, 0.05) is 12.6 Å². The molecule has 0 aliphatic carbocycles. The van der Waals surface area contributed by atoms with Crippen LogP contribution in [0, 0.1) is 5.82 Å². The van der Waals surface area contributed by atoms with Crippen molar-refractivity contribution in [3.8, 4) is 11.5 Å². The van der Waals surface area contributed by atoms with Gasteiger partial charge in [0.25, 0.3) is 0 Å². The summed E-state index contributed by atoms with van der Waals surface area (Å²) in [6.07, 6.45) is 0.423. The molecule has 2 aromatic carbocycles. The monoisotopic (exact) mass is 317 g/mol. The van der Waals surface area contributed by atoms with Gasteiger partial charge in [-0.25, -0.2) is 4.39 Å². The van der Waals surface area contributed by atoms with E-state index in [1.54, 1.807) is 18.2 Å². The zero-order valence-corrected chi connectivity index (χ0v) is 12.5. The molecule has 0 atom stereocenters. The molecule has 0 unspecified atom stereocenters. The minimum Gasteiger partial charge on any atom is -0.427 e. The number of benzene rings is 2. The van der Waals surface area contributed by atoms with Crippen LogP contribution in [0.5, 0.6) is 11.5 Å². The van der Waals surface area contributed by atoms with Gasteiger partial charge in [-0.3, -0.25) is 9.59 Å². The van der Waals surface area contributed by atoms with Gasteiger partial charge in [0.1, 0.15) is 17.3 Å². The molecule has 0 aliphatic rings. The van der Waals surface area contributed by atoms with Crippen molar-refractivity contribution >= 4 is 17.6 Å². The number of anilines is 1. The van der Waals surface area contributed by atoms with Crippen LogP contribution in [-0.4, -0.2) is 11.9 Å². The van der Waals surface area contributed by atoms with Gasteiger partial charge in [0.15, 0.2) is 0 Å². The van der Waals surface area contributed by atoms with E-state index in [2.05, 4.69) is 0 Å². The predicted molar refractivity (Wildman–Crippen MR) is 82.5 cm³/mol. The smallest absolute Gasteiger partial charge is 0.311 e. The first-order valence-corrected chi connectivity index (χ1v) is 6.97. The Kier molecular flexibility index (Phi) is 5.30. The highest BCUT2D eigenvalue weighted by atomic mass is 19.1. The number of nitrogens with two attached hydrogens (primary N) is 1. The Labute approximate surface area is 132 Å². The third kappa shape index (κ3) is 5.10. The number of esters is 2. The largest absolute Gasteiger partial charge is 0.427 e. The molecular weight excluding hydrogens is 301 g/mol. The number of aryl methyl sites for hydroxylation is 1. The van der Waals surface area contributed by atoms with Gasteiger partial charge in [0.05, 0.1) is 6.42 Å². The fraction of sp³-hybridized carbons (Fsp3) is 0.176. The summed E-state index contributed by atoms with van der Waals surface area (Å²) in [5, 5.41) is 0. The normalized spacial score (nSPS) is 10.2. The molecule has 23 heavy (non-hydrogen) atoms. The van der Waals surface area contributed by atoms with E-state index in [1.807, 2.05) is 0 Å². The summed E-state index contributed by atoms with van der Waals surface area (Å²) in [4.78, 5) is 22.8. The fourth-order valence-electron chi connectivity index (χ4n) is 1.95. The zero-order valence-electron chi connectivity index (χ0n) is 12.5. The van der Waals surface area contributed by atoms with Crippen molar-refractivity contribution in [1.82, 2.24) is 0 Å². The molecule has 2 rings (SSSR count). The molecule has 2 aromatic rings. The van der Waals surface area contributed by atoms with E-state index in [9.17, 15) is 14.0 Å². The SMILES string of the molecule is CC(=O)Oc1ccc(N)c(CCC(=O)Oc2ccc(F)cc2)c1. The van der Waals surface area contributed by atoms with Crippen LogP contribution >= 0.6 is 0 Å². The molecule has 0 radical (unpaired) electrons. The average molecular weight is 317 g/mol. The van der Waals surface area contributed by atoms with Crippen LogP contribution in [0.4, 0.5) is 10.1 Å². The first kappa shape index (κ1) is 16.5. The van der Waals surface area contributed by atoms with Crippen molar-refractivity contribution in [2.45, 2.75) is 19.8 Å². The lowest BCUT2D eigenvalue weighted by Crippen LogP contribution is -2.10. The third-order valence-electron chi connectivity index (χ3n) is 3.02. The minimum atomic E-state index is -0.464. The quantitative estimate of drug-likeness (QED) is 0.521. The Bertz CT molecular complexity index is 713. The van der Waals surface area contributed by atoms with Gasteiger partial charge in [-0.15, -0.1) is 0 Å². The summed E-state index contributed by atoms with van der Waals surface area (Å²) in [7, 11) is 0. The van der Waals surface area contributed by atoms with Gasteiger partial charge in [-0.1, -0.05) is 0 Å². The number of nitrogen functional groups attached to an aromatic ring is 1. The lowest BCUT2D eigenvalue weighted by molar-refractivity contribution is -0.134. The highest BCUT2D eigenvalue weighted by Crippen LogP contribution is 2.22. The topological polar surface area (TPSA) is 78.6 Å². The standard InChI is InChI=1S/C17H16FNO4/c1-11(20)22-15-7-8-16(19)12(10-15)2-9-17(21)23-14-5-3-13(18)4-6-14/h3-8,10H,2,9,19H2,1H3. The van der Waals surface area contributed by atoms with Crippen molar-refractivity contribution < 1.29 is 23.5 Å². The highest BCUT2D eigenvalue weighted by Gasteiger charge is 2.09. The van der Waals surface area contributed by atoms with Gasteiger partial charge in [0.2, 0.25) is 0 Å². The highest BCUT2D eigenvalue weighted by molar-refractivity contribution is 5.73. The van der Waals surface area contributed by atoms with Gasteiger partial charge < -0.3 is 15.2 Å². The molecule has 0 saturated carbocycles. The number of ether oxygens (including phenoxy) is 2. The van der Waals surface area contributed by atoms with Crippen LogP contribution < -0.4 is 15.2 Å². The van der Waals surface area contributed by atoms with Crippen LogP contribution in [0.1, 0.15) is 18.9 Å². The Balaban J connectivity index is 1.95. The molecule has 6 heteroatoms. The number of carbonyl (C=O) groups is 2. The second-order valence-electron chi connectivity index (χ2n) is 4.88. The molecule has 0 spiro atoms. The maximum atomic E-state index is 12.8. The first-order valence-electron chi connectivity index (χ1n) is 6.97. The molecule has 0 saturated heterocycles. The van der Waals surface area contributed by atoms with Crippen LogP contribution in [0.3, 0.4) is 0 Å². The van der Waals surface area contributed by atoms with E-state index >= 15 is 0 Å². The molecule has 0 bridgehead atoms. The molecule has 0 heterocycles. The summed E-state index contributed by atoms with van der Waals surface area (Å²) in [5.74, 6) is -0.656. The van der Waals surface area contributed by atoms with Gasteiger partial charge in [-0.2, -0.15) is 0 Å². The van der Waals surface area contributed by atoms with Crippen LogP contribution in [0.15, 0.2) is 42.5 Å². The Hall–Kier alpha value is -2.89. The summed E-state index contributed by atoms with van der Waals surface area (Å²) in [5.41, 5.74) is 7.02. The van der Waals surface area contributed by atoms with Crippen molar-refractivity contribution in [3.63, 3.8) is 0 Å². The minimum absolute atomic E-state index is 0.0884. The van der Waals surface area contributed by atoms with E-state index in [0.717, 1.165) is 0 Å². The Morgan fingerprint density at radius 2 is 1.70 bits per heavy atom. The predicted octanol–water partition coefficient (Wildman–Crippen LogP) is 2.87. The zero-order chi connectivity index (χ0) is 16.8. The Morgan fingerprint density at radius 1 is 1.04 bits per heavy atom. The molecule has 0 fully saturated rings. The van der Waals surface area contributed by atoms with Crippen LogP contribution in [-0.2, 0) is 16.0 Å². The first-order chi connectivity index (χ1) is 10.9. The molecular formula is C17H16FNO4. The number of halogens is 1. The van der Waals surface area contributed by atoms with Crippen LogP contribution in [0.25, 0.3) is 0 Å². The van der Waals surface area contributed by atoms with E-state index in [4.69, 9.17) is 15.2 Å². The molecule has 0 aliphatic heterocycles. The lowest BCUT2D eigenvalue weighted by Gasteiger charge is -2.09. The lowest BCUT2D eigenvalue weighted by atomic mass is 10.1. The van der Waals surface area contributed by atoms with Crippen LogP contribution in [0.2, 0.25) is 0 Å². The number of hydrogen-bond acceptors (Lipinski definition) is 5. The number of carbonyl (C=O) groups excluding carboxylic acids is 2. The van der Waals surface area contributed by atoms with Gasteiger partial charge in [-0.05, 0) is 54.4 Å². The molecule has 0 aromatic heterocycles. The maximum Gasteiger partial charge on any atom is 0.311 e. The summed E-state index contributed by atoms with van der Waals surface area (Å²) >= 11 is 0. The molecule has 120 valence electrons. The van der Waals surface area contributed by atoms with E-state index < -0.39 is 17.8 Å². The maximum absolute atomic E-state index is 12.8. The van der Waals surface area contributed by atoms with Crippen molar-refractivity contribution in [2.75, 3.05) is 5.73 Å². The second-order valence-corrected chi connectivity index (χ2v) is 4.88. The van der Waals surface area contributed by atoms with Crippen molar-refractivity contribution in [1.29, 1.82) is 0 Å². The molecule has 2 N–H and O–H groups in total. The molecule has 5 nitrogen and oxygen atoms in total. The van der Waals surface area contributed by atoms with Crippen molar-refractivity contribution in [2.24, 2.45) is 0 Å². The third-order valence-corrected chi connectivity index (χ3v) is 3.02. The van der Waals surface area contributed by atoms with E-state index in [0.29, 0.717) is 23.4 Å². The summed E-state index contributed by atoms with van der Waals surface area (Å²) in [6, 6.07) is 9.98. The van der Waals surface area contributed by atoms with E-state index in [-0.39, 0.29) is 12.2 Å². The molecule has 0 amide bonds. The van der Waals surface area contributed by atoms with Crippen molar-refractivity contribution in [3.05, 3.63) is 53.8 Å². The average Bonchev–Trinajstić information content (AvgIpc) is 2.49. The summed E-state index contributed by atoms with van der Waals surface area (Å²) < 4.78 is 22.8. The number of rotatable bonds is 5. The van der Waals surface area contributed by atoms with E-state index in [1.165, 1.54) is 31.2 Å². The number of hydrogen-bond donors (Lipinski definition) is 1. The second kappa shape index (κ2) is 7.40. The fourth-order valence-corrected chi connectivity index (χ4v) is 1.95. The Morgan fingerprint density at radius 3 is 2.35 bits per heavy atom. The van der Waals surface area contributed by atoms with Gasteiger partial charge >= 0.3 is 11.9 Å².